The first-order chi connectivity index (χ1) is 5.79. The van der Waals surface area contributed by atoms with Crippen LogP contribution in [0.1, 0.15) is 12.0 Å². The van der Waals surface area contributed by atoms with Gasteiger partial charge in [0.15, 0.2) is 0 Å². The zero-order valence-electron chi connectivity index (χ0n) is 6.44. The molecule has 1 aromatic rings. The van der Waals surface area contributed by atoms with Gasteiger partial charge in [0.1, 0.15) is 11.6 Å². The second-order valence-corrected chi connectivity index (χ2v) is 3.64. The van der Waals surface area contributed by atoms with Gasteiger partial charge in [-0.2, -0.15) is 0 Å². The summed E-state index contributed by atoms with van der Waals surface area (Å²) in [5.74, 6) is 0.522. The number of benzene rings is 1. The fourth-order valence-corrected chi connectivity index (χ4v) is 1.87. The zero-order chi connectivity index (χ0) is 8.55. The number of rotatable bonds is 0. The van der Waals surface area contributed by atoms with E-state index in [1.165, 1.54) is 6.07 Å². The Kier molecular flexibility index (Phi) is 2.05. The Hall–Kier alpha value is -0.570. The van der Waals surface area contributed by atoms with E-state index in [2.05, 4.69) is 15.9 Å². The second-order valence-electron chi connectivity index (χ2n) is 2.79. The summed E-state index contributed by atoms with van der Waals surface area (Å²) in [5.41, 5.74) is 0.704. The van der Waals surface area contributed by atoms with Crippen LogP contribution < -0.4 is 4.74 Å². The fourth-order valence-electron chi connectivity index (χ4n) is 1.39. The molecule has 0 unspecified atom stereocenters. The van der Waals surface area contributed by atoms with Gasteiger partial charge in [0, 0.05) is 5.56 Å². The number of halogens is 2. The molecule has 3 heteroatoms. The van der Waals surface area contributed by atoms with Crippen LogP contribution in [0.25, 0.3) is 0 Å². The number of hydrogen-bond acceptors (Lipinski definition) is 1. The summed E-state index contributed by atoms with van der Waals surface area (Å²) in [6.45, 7) is 0.690. The highest BCUT2D eigenvalue weighted by atomic mass is 79.9. The molecule has 1 heterocycles. The van der Waals surface area contributed by atoms with E-state index in [1.54, 1.807) is 6.07 Å². The van der Waals surface area contributed by atoms with Crippen molar-refractivity contribution in [2.24, 2.45) is 0 Å². The van der Waals surface area contributed by atoms with Crippen molar-refractivity contribution in [3.8, 4) is 5.75 Å². The van der Waals surface area contributed by atoms with Gasteiger partial charge < -0.3 is 4.74 Å². The molecule has 12 heavy (non-hydrogen) atoms. The van der Waals surface area contributed by atoms with E-state index in [4.69, 9.17) is 4.74 Å². The molecule has 0 spiro atoms. The standard InChI is InChI=1S/C9H8BrFO/c10-7-3-4-8(11)6-2-1-5-12-9(6)7/h3-4H,1-2,5H2. The molecule has 0 N–H and O–H groups in total. The van der Waals surface area contributed by atoms with Crippen LogP contribution in [-0.2, 0) is 6.42 Å². The van der Waals surface area contributed by atoms with Crippen molar-refractivity contribution in [3.05, 3.63) is 28.0 Å². The van der Waals surface area contributed by atoms with Gasteiger partial charge in [-0.25, -0.2) is 4.39 Å². The van der Waals surface area contributed by atoms with Crippen LogP contribution in [0, 0.1) is 5.82 Å². The average molecular weight is 231 g/mol. The first-order valence-electron chi connectivity index (χ1n) is 3.89. The van der Waals surface area contributed by atoms with Crippen LogP contribution in [0.2, 0.25) is 0 Å². The number of fused-ring (bicyclic) bond motifs is 1. The highest BCUT2D eigenvalue weighted by Crippen LogP contribution is 2.34. The van der Waals surface area contributed by atoms with E-state index in [-0.39, 0.29) is 5.82 Å². The van der Waals surface area contributed by atoms with Gasteiger partial charge >= 0.3 is 0 Å². The van der Waals surface area contributed by atoms with E-state index in [1.807, 2.05) is 0 Å². The van der Waals surface area contributed by atoms with E-state index >= 15 is 0 Å². The Labute approximate surface area is 78.7 Å². The molecular formula is C9H8BrFO. The normalized spacial score (nSPS) is 15.2. The molecule has 0 saturated heterocycles. The predicted octanol–water partition coefficient (Wildman–Crippen LogP) is 2.91. The molecule has 1 nitrogen and oxygen atoms in total. The quantitative estimate of drug-likeness (QED) is 0.667. The maximum atomic E-state index is 13.2. The van der Waals surface area contributed by atoms with Crippen molar-refractivity contribution in [2.45, 2.75) is 12.8 Å². The van der Waals surface area contributed by atoms with Gasteiger partial charge in [-0.05, 0) is 40.9 Å². The van der Waals surface area contributed by atoms with Crippen LogP contribution in [0.4, 0.5) is 4.39 Å². The lowest BCUT2D eigenvalue weighted by Crippen LogP contribution is -2.10. The van der Waals surface area contributed by atoms with Crippen LogP contribution >= 0.6 is 15.9 Å². The lowest BCUT2D eigenvalue weighted by molar-refractivity contribution is 0.282. The molecule has 1 aliphatic rings. The minimum absolute atomic E-state index is 0.159. The third-order valence-electron chi connectivity index (χ3n) is 1.97. The van der Waals surface area contributed by atoms with Crippen molar-refractivity contribution in [3.63, 3.8) is 0 Å². The lowest BCUT2D eigenvalue weighted by Gasteiger charge is -2.18. The van der Waals surface area contributed by atoms with Crippen molar-refractivity contribution in [1.82, 2.24) is 0 Å². The van der Waals surface area contributed by atoms with Crippen LogP contribution in [0.15, 0.2) is 16.6 Å². The molecule has 0 atom stereocenters. The summed E-state index contributed by atoms with van der Waals surface area (Å²) in [6, 6.07) is 3.15. The third kappa shape index (κ3) is 1.22. The Balaban J connectivity index is 2.57. The highest BCUT2D eigenvalue weighted by Gasteiger charge is 2.16. The highest BCUT2D eigenvalue weighted by molar-refractivity contribution is 9.10. The lowest BCUT2D eigenvalue weighted by atomic mass is 10.1. The van der Waals surface area contributed by atoms with Crippen molar-refractivity contribution >= 4 is 15.9 Å². The molecule has 0 bridgehead atoms. The fraction of sp³-hybridized carbons (Fsp3) is 0.333. The summed E-state index contributed by atoms with van der Waals surface area (Å²) in [5, 5.41) is 0. The summed E-state index contributed by atoms with van der Waals surface area (Å²) >= 11 is 3.32. The molecule has 1 aromatic carbocycles. The predicted molar refractivity (Wildman–Crippen MR) is 47.9 cm³/mol. The molecule has 64 valence electrons. The summed E-state index contributed by atoms with van der Waals surface area (Å²) < 4.78 is 19.3. The van der Waals surface area contributed by atoms with Crippen molar-refractivity contribution < 1.29 is 9.13 Å². The van der Waals surface area contributed by atoms with Crippen LogP contribution in [0.3, 0.4) is 0 Å². The zero-order valence-corrected chi connectivity index (χ0v) is 8.03. The average Bonchev–Trinajstić information content (AvgIpc) is 2.12. The minimum atomic E-state index is -0.159. The summed E-state index contributed by atoms with van der Waals surface area (Å²) in [6.07, 6.45) is 1.68. The number of hydrogen-bond donors (Lipinski definition) is 0. The maximum absolute atomic E-state index is 13.2. The van der Waals surface area contributed by atoms with E-state index in [0.717, 1.165) is 17.3 Å². The molecule has 0 radical (unpaired) electrons. The third-order valence-corrected chi connectivity index (χ3v) is 2.60. The first-order valence-corrected chi connectivity index (χ1v) is 4.68. The van der Waals surface area contributed by atoms with Crippen LogP contribution in [0.5, 0.6) is 5.75 Å². The van der Waals surface area contributed by atoms with Gasteiger partial charge in [0.2, 0.25) is 0 Å². The Morgan fingerprint density at radius 3 is 3.00 bits per heavy atom. The SMILES string of the molecule is Fc1ccc(Br)c2c1CCCO2. The molecule has 0 saturated carbocycles. The van der Waals surface area contributed by atoms with Crippen LogP contribution in [-0.4, -0.2) is 6.61 Å². The Bertz CT molecular complexity index is 281. The molecular weight excluding hydrogens is 223 g/mol. The minimum Gasteiger partial charge on any atom is -0.492 e. The number of ether oxygens (including phenoxy) is 1. The molecule has 0 aromatic heterocycles. The maximum Gasteiger partial charge on any atom is 0.139 e. The first kappa shape index (κ1) is 8.05. The van der Waals surface area contributed by atoms with Gasteiger partial charge in [0.05, 0.1) is 11.1 Å². The topological polar surface area (TPSA) is 9.23 Å². The molecule has 0 aliphatic carbocycles. The largest absolute Gasteiger partial charge is 0.492 e. The van der Waals surface area contributed by atoms with Crippen molar-refractivity contribution in [2.75, 3.05) is 6.61 Å². The Morgan fingerprint density at radius 2 is 2.25 bits per heavy atom. The summed E-state index contributed by atoms with van der Waals surface area (Å²) in [7, 11) is 0. The summed E-state index contributed by atoms with van der Waals surface area (Å²) in [4.78, 5) is 0. The van der Waals surface area contributed by atoms with E-state index < -0.39 is 0 Å². The monoisotopic (exact) mass is 230 g/mol. The van der Waals surface area contributed by atoms with E-state index in [9.17, 15) is 4.39 Å². The molecule has 1 aliphatic heterocycles. The van der Waals surface area contributed by atoms with Gasteiger partial charge in [0.25, 0.3) is 0 Å². The molecule has 0 amide bonds. The Morgan fingerprint density at radius 1 is 1.42 bits per heavy atom. The van der Waals surface area contributed by atoms with Gasteiger partial charge in [-0.3, -0.25) is 0 Å². The van der Waals surface area contributed by atoms with Gasteiger partial charge in [-0.15, -0.1) is 0 Å². The van der Waals surface area contributed by atoms with Crippen molar-refractivity contribution in [1.29, 1.82) is 0 Å². The van der Waals surface area contributed by atoms with Gasteiger partial charge in [-0.1, -0.05) is 0 Å². The molecule has 2 rings (SSSR count). The smallest absolute Gasteiger partial charge is 0.139 e. The van der Waals surface area contributed by atoms with E-state index in [0.29, 0.717) is 17.9 Å². The second kappa shape index (κ2) is 3.05. The molecule has 0 fully saturated rings.